The van der Waals surface area contributed by atoms with Crippen LogP contribution in [0, 0.1) is 5.92 Å². The van der Waals surface area contributed by atoms with Gasteiger partial charge in [-0.1, -0.05) is 25.1 Å². The van der Waals surface area contributed by atoms with E-state index in [1.807, 2.05) is 32.0 Å². The van der Waals surface area contributed by atoms with E-state index in [-0.39, 0.29) is 17.9 Å². The van der Waals surface area contributed by atoms with Crippen molar-refractivity contribution in [2.24, 2.45) is 11.7 Å². The first-order chi connectivity index (χ1) is 8.11. The largest absolute Gasteiger partial charge is 0.355 e. The van der Waals surface area contributed by atoms with E-state index in [1.54, 1.807) is 11.8 Å². The number of carbonyl (C=O) groups is 1. The summed E-state index contributed by atoms with van der Waals surface area (Å²) in [5.41, 5.74) is 5.67. The number of benzene rings is 1. The summed E-state index contributed by atoms with van der Waals surface area (Å²) in [7, 11) is 0. The summed E-state index contributed by atoms with van der Waals surface area (Å²) in [6.07, 6.45) is 0. The fourth-order valence-corrected chi connectivity index (χ4v) is 2.05. The molecule has 0 saturated carbocycles. The van der Waals surface area contributed by atoms with E-state index in [2.05, 4.69) is 17.4 Å². The second-order valence-corrected chi connectivity index (χ2v) is 5.27. The maximum absolute atomic E-state index is 11.6. The van der Waals surface area contributed by atoms with Crippen molar-refractivity contribution in [2.45, 2.75) is 24.8 Å². The fourth-order valence-electron chi connectivity index (χ4n) is 1.26. The fraction of sp³-hybridized carbons (Fsp3) is 0.462. The van der Waals surface area contributed by atoms with Gasteiger partial charge in [-0.05, 0) is 19.1 Å². The molecule has 1 rings (SSSR count). The van der Waals surface area contributed by atoms with E-state index in [0.717, 1.165) is 5.75 Å². The monoisotopic (exact) mass is 252 g/mol. The summed E-state index contributed by atoms with van der Waals surface area (Å²) in [6, 6.07) is 10.1. The average Bonchev–Trinajstić information content (AvgIpc) is 2.34. The number of hydrogen-bond donors (Lipinski definition) is 2. The Morgan fingerprint density at radius 1 is 1.35 bits per heavy atom. The van der Waals surface area contributed by atoms with Crippen molar-refractivity contribution in [3.8, 4) is 0 Å². The van der Waals surface area contributed by atoms with Crippen molar-refractivity contribution >= 4 is 17.7 Å². The zero-order valence-corrected chi connectivity index (χ0v) is 11.2. The molecule has 3 N–H and O–H groups in total. The molecule has 0 aromatic heterocycles. The molecule has 0 radical (unpaired) electrons. The van der Waals surface area contributed by atoms with E-state index in [1.165, 1.54) is 4.90 Å². The van der Waals surface area contributed by atoms with Crippen LogP contribution in [0.2, 0.25) is 0 Å². The van der Waals surface area contributed by atoms with Crippen LogP contribution in [0.25, 0.3) is 0 Å². The second kappa shape index (κ2) is 7.35. The summed E-state index contributed by atoms with van der Waals surface area (Å²) >= 11 is 1.74. The van der Waals surface area contributed by atoms with Gasteiger partial charge in [-0.25, -0.2) is 0 Å². The highest BCUT2D eigenvalue weighted by Gasteiger charge is 2.15. The molecule has 1 aromatic rings. The molecule has 0 heterocycles. The topological polar surface area (TPSA) is 55.1 Å². The minimum absolute atomic E-state index is 0.0358. The highest BCUT2D eigenvalue weighted by molar-refractivity contribution is 7.99. The lowest BCUT2D eigenvalue weighted by atomic mass is 10.0. The Bertz CT molecular complexity index is 341. The van der Waals surface area contributed by atoms with Crippen LogP contribution in [0.15, 0.2) is 35.2 Å². The smallest absolute Gasteiger partial charge is 0.224 e. The summed E-state index contributed by atoms with van der Waals surface area (Å²) < 4.78 is 0. The summed E-state index contributed by atoms with van der Waals surface area (Å²) in [6.45, 7) is 4.38. The SMILES string of the molecule is CC(N)C(C)C(=O)NCCSc1ccccc1. The van der Waals surface area contributed by atoms with Gasteiger partial charge in [0.1, 0.15) is 0 Å². The molecule has 0 aliphatic heterocycles. The van der Waals surface area contributed by atoms with Gasteiger partial charge in [-0.2, -0.15) is 0 Å². The predicted octanol–water partition coefficient (Wildman–Crippen LogP) is 1.88. The lowest BCUT2D eigenvalue weighted by Crippen LogP contribution is -2.39. The second-order valence-electron chi connectivity index (χ2n) is 4.10. The first-order valence-electron chi connectivity index (χ1n) is 5.82. The maximum Gasteiger partial charge on any atom is 0.224 e. The Labute approximate surface area is 107 Å². The Hall–Kier alpha value is -1.00. The van der Waals surface area contributed by atoms with Crippen LogP contribution in [0.5, 0.6) is 0 Å². The molecule has 0 aliphatic rings. The van der Waals surface area contributed by atoms with Crippen LogP contribution < -0.4 is 11.1 Å². The molecule has 4 heteroatoms. The lowest BCUT2D eigenvalue weighted by molar-refractivity contribution is -0.124. The number of thioether (sulfide) groups is 1. The van der Waals surface area contributed by atoms with Gasteiger partial charge in [-0.3, -0.25) is 4.79 Å². The number of rotatable bonds is 6. The molecular formula is C13H20N2OS. The van der Waals surface area contributed by atoms with Gasteiger partial charge >= 0.3 is 0 Å². The predicted molar refractivity (Wildman–Crippen MR) is 73.0 cm³/mol. The van der Waals surface area contributed by atoms with Crippen molar-refractivity contribution in [1.29, 1.82) is 0 Å². The van der Waals surface area contributed by atoms with Gasteiger partial charge in [0.05, 0.1) is 0 Å². The molecule has 0 saturated heterocycles. The maximum atomic E-state index is 11.6. The minimum Gasteiger partial charge on any atom is -0.355 e. The normalized spacial score (nSPS) is 14.1. The first kappa shape index (κ1) is 14.1. The number of amides is 1. The molecule has 17 heavy (non-hydrogen) atoms. The third-order valence-electron chi connectivity index (χ3n) is 2.62. The van der Waals surface area contributed by atoms with E-state index in [9.17, 15) is 4.79 Å². The molecule has 0 aliphatic carbocycles. The molecule has 2 unspecified atom stereocenters. The molecule has 0 spiro atoms. The molecular weight excluding hydrogens is 232 g/mol. The van der Waals surface area contributed by atoms with Crippen molar-refractivity contribution in [3.63, 3.8) is 0 Å². The van der Waals surface area contributed by atoms with E-state index in [4.69, 9.17) is 5.73 Å². The zero-order chi connectivity index (χ0) is 12.7. The van der Waals surface area contributed by atoms with Gasteiger partial charge in [0.15, 0.2) is 0 Å². The molecule has 1 amide bonds. The van der Waals surface area contributed by atoms with Crippen LogP contribution in [0.4, 0.5) is 0 Å². The van der Waals surface area contributed by atoms with Crippen molar-refractivity contribution < 1.29 is 4.79 Å². The number of hydrogen-bond acceptors (Lipinski definition) is 3. The Morgan fingerprint density at radius 3 is 2.59 bits per heavy atom. The third-order valence-corrected chi connectivity index (χ3v) is 3.63. The van der Waals surface area contributed by atoms with Gasteiger partial charge in [0.25, 0.3) is 0 Å². The standard InChI is InChI=1S/C13H20N2OS/c1-10(11(2)14)13(16)15-8-9-17-12-6-4-3-5-7-12/h3-7,10-11H,8-9,14H2,1-2H3,(H,15,16). The molecule has 3 nitrogen and oxygen atoms in total. The highest BCUT2D eigenvalue weighted by Crippen LogP contribution is 2.15. The summed E-state index contributed by atoms with van der Waals surface area (Å²) in [4.78, 5) is 12.8. The van der Waals surface area contributed by atoms with Crippen molar-refractivity contribution in [1.82, 2.24) is 5.32 Å². The minimum atomic E-state index is -0.128. The van der Waals surface area contributed by atoms with Gasteiger partial charge in [0, 0.05) is 29.2 Å². The lowest BCUT2D eigenvalue weighted by Gasteiger charge is -2.15. The zero-order valence-electron chi connectivity index (χ0n) is 10.3. The van der Waals surface area contributed by atoms with Crippen molar-refractivity contribution in [3.05, 3.63) is 30.3 Å². The van der Waals surface area contributed by atoms with Crippen LogP contribution in [0.1, 0.15) is 13.8 Å². The van der Waals surface area contributed by atoms with Gasteiger partial charge < -0.3 is 11.1 Å². The van der Waals surface area contributed by atoms with Crippen molar-refractivity contribution in [2.75, 3.05) is 12.3 Å². The number of nitrogens with one attached hydrogen (secondary N) is 1. The Kier molecular flexibility index (Phi) is 6.08. The molecule has 0 fully saturated rings. The molecule has 1 aromatic carbocycles. The molecule has 2 atom stereocenters. The van der Waals surface area contributed by atoms with Gasteiger partial charge in [-0.15, -0.1) is 11.8 Å². The quantitative estimate of drug-likeness (QED) is 0.600. The molecule has 94 valence electrons. The van der Waals surface area contributed by atoms with Crippen LogP contribution in [-0.2, 0) is 4.79 Å². The van der Waals surface area contributed by atoms with Gasteiger partial charge in [0.2, 0.25) is 5.91 Å². The van der Waals surface area contributed by atoms with Crippen LogP contribution in [0.3, 0.4) is 0 Å². The number of nitrogens with two attached hydrogens (primary N) is 1. The number of carbonyl (C=O) groups excluding carboxylic acids is 1. The summed E-state index contributed by atoms with van der Waals surface area (Å²) in [5.74, 6) is 0.784. The van der Waals surface area contributed by atoms with E-state index >= 15 is 0 Å². The summed E-state index contributed by atoms with van der Waals surface area (Å²) in [5, 5.41) is 2.89. The van der Waals surface area contributed by atoms with Crippen LogP contribution in [-0.4, -0.2) is 24.2 Å². The first-order valence-corrected chi connectivity index (χ1v) is 6.81. The van der Waals surface area contributed by atoms with E-state index in [0.29, 0.717) is 6.54 Å². The Morgan fingerprint density at radius 2 is 2.00 bits per heavy atom. The third kappa shape index (κ3) is 5.24. The van der Waals surface area contributed by atoms with E-state index < -0.39 is 0 Å². The average molecular weight is 252 g/mol. The molecule has 0 bridgehead atoms. The highest BCUT2D eigenvalue weighted by atomic mass is 32.2. The Balaban J connectivity index is 2.18. The van der Waals surface area contributed by atoms with Crippen LogP contribution >= 0.6 is 11.8 Å².